The van der Waals surface area contributed by atoms with Crippen LogP contribution in [0.4, 0.5) is 10.5 Å². The van der Waals surface area contributed by atoms with Crippen molar-refractivity contribution in [1.82, 2.24) is 0 Å². The lowest BCUT2D eigenvalue weighted by Gasteiger charge is -2.20. The van der Waals surface area contributed by atoms with Crippen molar-refractivity contribution >= 4 is 57.6 Å². The van der Waals surface area contributed by atoms with Crippen LogP contribution in [-0.2, 0) is 16.1 Å². The molecule has 0 saturated heterocycles. The quantitative estimate of drug-likeness (QED) is 0.204. The molecule has 0 fully saturated rings. The summed E-state index contributed by atoms with van der Waals surface area (Å²) in [6, 6.07) is 24.5. The Morgan fingerprint density at radius 2 is 1.66 bits per heavy atom. The van der Waals surface area contributed by atoms with E-state index >= 15 is 0 Å². The van der Waals surface area contributed by atoms with Crippen LogP contribution < -0.4 is 4.90 Å². The molecule has 0 spiro atoms. The molecule has 38 heavy (non-hydrogen) atoms. The summed E-state index contributed by atoms with van der Waals surface area (Å²) in [5.74, 6) is -1.59. The third-order valence-electron chi connectivity index (χ3n) is 5.74. The molecule has 9 heteroatoms. The van der Waals surface area contributed by atoms with E-state index in [-0.39, 0.29) is 23.6 Å². The summed E-state index contributed by atoms with van der Waals surface area (Å²) in [6.07, 6.45) is -0.968. The van der Waals surface area contributed by atoms with Crippen LogP contribution in [0.25, 0.3) is 21.4 Å². The number of halogens is 1. The first kappa shape index (κ1) is 25.3. The minimum absolute atomic E-state index is 0.0234. The molecule has 0 aliphatic heterocycles. The maximum Gasteiger partial charge on any atom is 0.421 e. The Labute approximate surface area is 226 Å². The van der Waals surface area contributed by atoms with Crippen LogP contribution in [0.3, 0.4) is 0 Å². The normalized spacial score (nSPS) is 10.8. The van der Waals surface area contributed by atoms with Gasteiger partial charge in [0.25, 0.3) is 0 Å². The molecule has 2 aromatic heterocycles. The van der Waals surface area contributed by atoms with Crippen molar-refractivity contribution in [3.8, 4) is 10.4 Å². The number of ether oxygens (including phenoxy) is 2. The standard InChI is InChI=1S/C29H20ClNO6S/c1-35-28(33)25-22(17-38-26(25)19-11-13-21(30)14-12-19)31(29(34)36-16-18-7-3-2-4-8-18)27(32)24-15-20-9-5-6-10-23(20)37-24/h2-15,17H,16H2,1H3. The highest BCUT2D eigenvalue weighted by atomic mass is 35.5. The summed E-state index contributed by atoms with van der Waals surface area (Å²) < 4.78 is 16.3. The molecule has 3 aromatic carbocycles. The molecule has 7 nitrogen and oxygen atoms in total. The van der Waals surface area contributed by atoms with E-state index in [1.165, 1.54) is 18.4 Å². The average Bonchev–Trinajstić information content (AvgIpc) is 3.57. The SMILES string of the molecule is COC(=O)c1c(N(C(=O)OCc2ccccc2)C(=O)c2cc3ccccc3o2)csc1-c1ccc(Cl)cc1. The van der Waals surface area contributed by atoms with Gasteiger partial charge in [0.15, 0.2) is 5.76 Å². The van der Waals surface area contributed by atoms with Gasteiger partial charge >= 0.3 is 18.0 Å². The summed E-state index contributed by atoms with van der Waals surface area (Å²) in [4.78, 5) is 41.6. The minimum atomic E-state index is -0.968. The maximum absolute atomic E-state index is 13.8. The van der Waals surface area contributed by atoms with Gasteiger partial charge in [-0.25, -0.2) is 14.5 Å². The number of nitrogens with zero attached hydrogens (tertiary/aromatic N) is 1. The Morgan fingerprint density at radius 3 is 2.37 bits per heavy atom. The highest BCUT2D eigenvalue weighted by Crippen LogP contribution is 2.40. The van der Waals surface area contributed by atoms with Gasteiger partial charge in [-0.1, -0.05) is 72.3 Å². The zero-order valence-electron chi connectivity index (χ0n) is 20.1. The fourth-order valence-corrected chi connectivity index (χ4v) is 5.06. The molecular formula is C29H20ClNO6S. The van der Waals surface area contributed by atoms with E-state index < -0.39 is 18.0 Å². The summed E-state index contributed by atoms with van der Waals surface area (Å²) in [5, 5.41) is 2.76. The first-order chi connectivity index (χ1) is 18.5. The van der Waals surface area contributed by atoms with Crippen LogP contribution in [0.15, 0.2) is 94.7 Å². The molecule has 2 heterocycles. The van der Waals surface area contributed by atoms with E-state index in [1.807, 2.05) is 24.3 Å². The van der Waals surface area contributed by atoms with E-state index in [9.17, 15) is 14.4 Å². The van der Waals surface area contributed by atoms with Crippen molar-refractivity contribution in [1.29, 1.82) is 0 Å². The Bertz CT molecular complexity index is 1590. The van der Waals surface area contributed by atoms with E-state index in [2.05, 4.69) is 0 Å². The van der Waals surface area contributed by atoms with Gasteiger partial charge in [0.1, 0.15) is 17.8 Å². The Hall–Kier alpha value is -4.40. The maximum atomic E-state index is 13.8. The van der Waals surface area contributed by atoms with Crippen LogP contribution in [-0.4, -0.2) is 25.1 Å². The lowest BCUT2D eigenvalue weighted by atomic mass is 10.1. The van der Waals surface area contributed by atoms with Gasteiger partial charge < -0.3 is 13.9 Å². The summed E-state index contributed by atoms with van der Waals surface area (Å²) in [6.45, 7) is -0.0781. The number of rotatable bonds is 6. The van der Waals surface area contributed by atoms with Crippen molar-refractivity contribution in [3.05, 3.63) is 112 Å². The van der Waals surface area contributed by atoms with Crippen molar-refractivity contribution in [2.75, 3.05) is 12.0 Å². The number of benzene rings is 3. The number of hydrogen-bond donors (Lipinski definition) is 0. The molecule has 0 saturated carbocycles. The molecule has 0 bridgehead atoms. The number of amides is 2. The lowest BCUT2D eigenvalue weighted by molar-refractivity contribution is 0.0603. The second kappa shape index (κ2) is 10.9. The first-order valence-corrected chi connectivity index (χ1v) is 12.7. The number of furan rings is 1. The predicted octanol–water partition coefficient (Wildman–Crippen LogP) is 7.58. The van der Waals surface area contributed by atoms with E-state index in [1.54, 1.807) is 66.0 Å². The molecular weight excluding hydrogens is 526 g/mol. The Balaban J connectivity index is 1.60. The average molecular weight is 546 g/mol. The number of thiophene rings is 1. The van der Waals surface area contributed by atoms with Crippen LogP contribution in [0.1, 0.15) is 26.5 Å². The number of carbonyl (C=O) groups is 3. The number of para-hydroxylation sites is 1. The molecule has 190 valence electrons. The van der Waals surface area contributed by atoms with E-state index in [4.69, 9.17) is 25.5 Å². The molecule has 5 rings (SSSR count). The third kappa shape index (κ3) is 5.04. The molecule has 5 aromatic rings. The Kier molecular flexibility index (Phi) is 7.26. The number of anilines is 1. The predicted molar refractivity (Wildman–Crippen MR) is 146 cm³/mol. The Morgan fingerprint density at radius 1 is 0.947 bits per heavy atom. The van der Waals surface area contributed by atoms with Crippen molar-refractivity contribution in [3.63, 3.8) is 0 Å². The van der Waals surface area contributed by atoms with Gasteiger partial charge in [0.05, 0.1) is 17.7 Å². The fraction of sp³-hybridized carbons (Fsp3) is 0.0690. The number of carbonyl (C=O) groups excluding carboxylic acids is 3. The molecule has 2 amide bonds. The van der Waals surface area contributed by atoms with Crippen LogP contribution >= 0.6 is 22.9 Å². The number of hydrogen-bond acceptors (Lipinski definition) is 7. The highest BCUT2D eigenvalue weighted by molar-refractivity contribution is 7.14. The number of esters is 1. The lowest BCUT2D eigenvalue weighted by Crippen LogP contribution is -2.38. The molecule has 0 aliphatic rings. The van der Waals surface area contributed by atoms with Crippen LogP contribution in [0, 0.1) is 0 Å². The van der Waals surface area contributed by atoms with Gasteiger partial charge in [-0.05, 0) is 35.4 Å². The zero-order valence-corrected chi connectivity index (χ0v) is 21.6. The number of fused-ring (bicyclic) bond motifs is 1. The molecule has 0 atom stereocenters. The van der Waals surface area contributed by atoms with Crippen molar-refractivity contribution in [2.24, 2.45) is 0 Å². The zero-order chi connectivity index (χ0) is 26.6. The van der Waals surface area contributed by atoms with Crippen molar-refractivity contribution < 1.29 is 28.3 Å². The van der Waals surface area contributed by atoms with Crippen molar-refractivity contribution in [2.45, 2.75) is 6.61 Å². The summed E-state index contributed by atoms with van der Waals surface area (Å²) in [7, 11) is 1.23. The van der Waals surface area contributed by atoms with Gasteiger partial charge in [-0.2, -0.15) is 0 Å². The van der Waals surface area contributed by atoms with E-state index in [0.717, 1.165) is 10.5 Å². The van der Waals surface area contributed by atoms with Gasteiger partial charge in [0.2, 0.25) is 0 Å². The largest absolute Gasteiger partial charge is 0.465 e. The van der Waals surface area contributed by atoms with Gasteiger partial charge in [0, 0.05) is 15.8 Å². The van der Waals surface area contributed by atoms with Gasteiger partial charge in [-0.3, -0.25) is 4.79 Å². The first-order valence-electron chi connectivity index (χ1n) is 11.5. The molecule has 0 aliphatic carbocycles. The third-order valence-corrected chi connectivity index (χ3v) is 7.00. The highest BCUT2D eigenvalue weighted by Gasteiger charge is 2.35. The second-order valence-electron chi connectivity index (χ2n) is 8.15. The fourth-order valence-electron chi connectivity index (χ4n) is 3.90. The van der Waals surface area contributed by atoms with Crippen LogP contribution in [0.2, 0.25) is 5.02 Å². The van der Waals surface area contributed by atoms with E-state index in [0.29, 0.717) is 26.4 Å². The summed E-state index contributed by atoms with van der Waals surface area (Å²) in [5.41, 5.74) is 1.95. The number of methoxy groups -OCH3 is 1. The van der Waals surface area contributed by atoms with Crippen LogP contribution in [0.5, 0.6) is 0 Å². The molecule has 0 unspecified atom stereocenters. The monoisotopic (exact) mass is 545 g/mol. The summed E-state index contributed by atoms with van der Waals surface area (Å²) >= 11 is 7.22. The molecule has 0 N–H and O–H groups in total. The minimum Gasteiger partial charge on any atom is -0.465 e. The number of imide groups is 1. The second-order valence-corrected chi connectivity index (χ2v) is 9.47. The smallest absolute Gasteiger partial charge is 0.421 e. The molecule has 0 radical (unpaired) electrons. The van der Waals surface area contributed by atoms with Gasteiger partial charge in [-0.15, -0.1) is 11.3 Å². The topological polar surface area (TPSA) is 86.0 Å².